The van der Waals surface area contributed by atoms with Crippen molar-refractivity contribution in [2.45, 2.75) is 70.4 Å². The molecule has 0 radical (unpaired) electrons. The SMILES string of the molecule is CCCCS(=O)(=O)C[C@@H](NC(=O)c1cn[nH]c1C(F)(F)F)C(=O)O[C@H](CNCc1cccc(CC)c1)C(N)Cc1cc(F)cc(F)c1. The van der Waals surface area contributed by atoms with Gasteiger partial charge in [0.2, 0.25) is 0 Å². The summed E-state index contributed by atoms with van der Waals surface area (Å²) < 4.78 is 99.3. The van der Waals surface area contributed by atoms with E-state index in [2.05, 4.69) is 15.7 Å². The highest BCUT2D eigenvalue weighted by molar-refractivity contribution is 7.91. The third-order valence-electron chi connectivity index (χ3n) is 7.20. The molecule has 258 valence electrons. The third kappa shape index (κ3) is 11.7. The molecule has 3 aromatic rings. The summed E-state index contributed by atoms with van der Waals surface area (Å²) in [7, 11) is -4.01. The van der Waals surface area contributed by atoms with Crippen LogP contribution in [0.4, 0.5) is 22.0 Å². The van der Waals surface area contributed by atoms with Gasteiger partial charge in [-0.25, -0.2) is 22.0 Å². The molecule has 2 aromatic carbocycles. The lowest BCUT2D eigenvalue weighted by molar-refractivity contribution is -0.151. The summed E-state index contributed by atoms with van der Waals surface area (Å²) in [5.41, 5.74) is 6.02. The fraction of sp³-hybridized carbons (Fsp3) is 0.452. The monoisotopic (exact) mass is 687 g/mol. The van der Waals surface area contributed by atoms with E-state index in [1.807, 2.05) is 31.2 Å². The van der Waals surface area contributed by atoms with E-state index in [0.29, 0.717) is 25.2 Å². The van der Waals surface area contributed by atoms with Crippen molar-refractivity contribution in [2.24, 2.45) is 5.73 Å². The molecule has 5 N–H and O–H groups in total. The van der Waals surface area contributed by atoms with Crippen LogP contribution >= 0.6 is 0 Å². The smallest absolute Gasteiger partial charge is 0.433 e. The van der Waals surface area contributed by atoms with E-state index in [1.165, 1.54) is 0 Å². The van der Waals surface area contributed by atoms with Gasteiger partial charge in [-0.15, -0.1) is 0 Å². The first-order chi connectivity index (χ1) is 22.1. The zero-order valence-corrected chi connectivity index (χ0v) is 26.7. The maximum Gasteiger partial charge on any atom is 0.433 e. The minimum absolute atomic E-state index is 0.107. The van der Waals surface area contributed by atoms with E-state index in [9.17, 15) is 40.0 Å². The molecule has 16 heteroatoms. The fourth-order valence-corrected chi connectivity index (χ4v) is 6.37. The van der Waals surface area contributed by atoms with E-state index in [-0.39, 0.29) is 30.7 Å². The van der Waals surface area contributed by atoms with Crippen molar-refractivity contribution in [2.75, 3.05) is 18.1 Å². The third-order valence-corrected chi connectivity index (χ3v) is 8.95. The minimum Gasteiger partial charge on any atom is -0.458 e. The molecule has 0 aliphatic rings. The number of nitrogens with zero attached hydrogens (tertiary/aromatic N) is 1. The molecule has 0 saturated heterocycles. The van der Waals surface area contributed by atoms with Crippen LogP contribution in [0.5, 0.6) is 0 Å². The Balaban J connectivity index is 1.88. The Morgan fingerprint density at radius 1 is 1.04 bits per heavy atom. The predicted octanol–water partition coefficient (Wildman–Crippen LogP) is 3.85. The summed E-state index contributed by atoms with van der Waals surface area (Å²) in [6.07, 6.45) is -4.28. The van der Waals surface area contributed by atoms with Gasteiger partial charge in [-0.2, -0.15) is 18.3 Å². The zero-order chi connectivity index (χ0) is 34.8. The Hall–Kier alpha value is -3.89. The average molecular weight is 688 g/mol. The number of aromatic nitrogens is 2. The number of carbonyl (C=O) groups is 2. The summed E-state index contributed by atoms with van der Waals surface area (Å²) in [6, 6.07) is 7.41. The van der Waals surface area contributed by atoms with E-state index in [4.69, 9.17) is 10.5 Å². The summed E-state index contributed by atoms with van der Waals surface area (Å²) in [6.45, 7) is 3.92. The summed E-state index contributed by atoms with van der Waals surface area (Å²) in [5, 5.41) is 10.1. The van der Waals surface area contributed by atoms with Crippen molar-refractivity contribution in [1.82, 2.24) is 20.8 Å². The zero-order valence-electron chi connectivity index (χ0n) is 25.9. The van der Waals surface area contributed by atoms with Gasteiger partial charge in [-0.05, 0) is 48.1 Å². The molecule has 0 aliphatic carbocycles. The maximum absolute atomic E-state index is 13.9. The number of aromatic amines is 1. The molecular weight excluding hydrogens is 649 g/mol. The van der Waals surface area contributed by atoms with E-state index >= 15 is 0 Å². The second-order valence-electron chi connectivity index (χ2n) is 11.1. The summed E-state index contributed by atoms with van der Waals surface area (Å²) >= 11 is 0. The average Bonchev–Trinajstić information content (AvgIpc) is 3.50. The van der Waals surface area contributed by atoms with Crippen molar-refractivity contribution in [1.29, 1.82) is 0 Å². The minimum atomic E-state index is -5.00. The van der Waals surface area contributed by atoms with Crippen LogP contribution < -0.4 is 16.4 Å². The number of nitrogens with two attached hydrogens (primary N) is 1. The molecule has 1 amide bonds. The molecule has 0 bridgehead atoms. The van der Waals surface area contributed by atoms with Gasteiger partial charge >= 0.3 is 12.1 Å². The lowest BCUT2D eigenvalue weighted by Crippen LogP contribution is -2.52. The van der Waals surface area contributed by atoms with Gasteiger partial charge in [-0.3, -0.25) is 9.89 Å². The second-order valence-corrected chi connectivity index (χ2v) is 13.3. The first kappa shape index (κ1) is 37.6. The number of nitrogens with one attached hydrogen (secondary N) is 3. The summed E-state index contributed by atoms with van der Waals surface area (Å²) in [5.74, 6) is -5.72. The first-order valence-corrected chi connectivity index (χ1v) is 16.7. The lowest BCUT2D eigenvalue weighted by Gasteiger charge is -2.27. The standard InChI is InChI=1S/C31H38F5N5O5S/c1-3-5-9-47(44,45)18-26(40-29(42)24-16-39-41-28(24)31(34,35)36)30(43)46-27(17-38-15-20-8-6-7-19(4-2)10-20)25(37)13-21-11-22(32)14-23(33)12-21/h6-8,10-12,14,16,25-27,38H,3-5,9,13,15,17-18,37H2,1-2H3,(H,39,41)(H,40,42)/t25?,26-,27-/m1/s1. The quantitative estimate of drug-likeness (QED) is 0.123. The molecule has 0 fully saturated rings. The maximum atomic E-state index is 13.9. The van der Waals surface area contributed by atoms with E-state index in [1.54, 1.807) is 12.0 Å². The Morgan fingerprint density at radius 2 is 1.72 bits per heavy atom. The molecule has 47 heavy (non-hydrogen) atoms. The number of ether oxygens (including phenoxy) is 1. The predicted molar refractivity (Wildman–Crippen MR) is 164 cm³/mol. The number of aryl methyl sites for hydroxylation is 1. The van der Waals surface area contributed by atoms with Crippen LogP contribution in [0, 0.1) is 11.6 Å². The van der Waals surface area contributed by atoms with Gasteiger partial charge in [0.25, 0.3) is 5.91 Å². The number of hydrogen-bond acceptors (Lipinski definition) is 8. The number of alkyl halides is 3. The van der Waals surface area contributed by atoms with Crippen LogP contribution in [0.1, 0.15) is 59.4 Å². The number of sulfone groups is 1. The Labute approximate surface area is 269 Å². The van der Waals surface area contributed by atoms with E-state index < -0.39 is 74.7 Å². The van der Waals surface area contributed by atoms with Crippen molar-refractivity contribution in [3.05, 3.63) is 88.2 Å². The number of carbonyl (C=O) groups excluding carboxylic acids is 2. The van der Waals surface area contributed by atoms with Crippen LogP contribution in [0.3, 0.4) is 0 Å². The molecule has 1 unspecified atom stereocenters. The van der Waals surface area contributed by atoms with Gasteiger partial charge in [0.1, 0.15) is 23.8 Å². The van der Waals surface area contributed by atoms with Crippen molar-refractivity contribution >= 4 is 21.7 Å². The molecule has 10 nitrogen and oxygen atoms in total. The largest absolute Gasteiger partial charge is 0.458 e. The number of H-pyrrole nitrogens is 1. The summed E-state index contributed by atoms with van der Waals surface area (Å²) in [4.78, 5) is 26.4. The molecule has 3 rings (SSSR count). The number of esters is 1. The normalized spacial score (nSPS) is 14.0. The highest BCUT2D eigenvalue weighted by atomic mass is 32.2. The van der Waals surface area contributed by atoms with Gasteiger partial charge < -0.3 is 21.1 Å². The number of amides is 1. The highest BCUT2D eigenvalue weighted by Crippen LogP contribution is 2.30. The topological polar surface area (TPSA) is 156 Å². The highest BCUT2D eigenvalue weighted by Gasteiger charge is 2.39. The van der Waals surface area contributed by atoms with Crippen LogP contribution in [0.15, 0.2) is 48.7 Å². The molecular formula is C31H38F5N5O5S. The molecule has 0 aliphatic heterocycles. The molecule has 1 aromatic heterocycles. The Morgan fingerprint density at radius 3 is 2.36 bits per heavy atom. The van der Waals surface area contributed by atoms with Crippen LogP contribution in [-0.2, 0) is 44.9 Å². The molecule has 0 saturated carbocycles. The van der Waals surface area contributed by atoms with Crippen LogP contribution in [0.25, 0.3) is 0 Å². The number of halogens is 5. The van der Waals surface area contributed by atoms with E-state index in [0.717, 1.165) is 29.7 Å². The Bertz CT molecular complexity index is 1600. The van der Waals surface area contributed by atoms with Crippen molar-refractivity contribution in [3.63, 3.8) is 0 Å². The first-order valence-electron chi connectivity index (χ1n) is 14.9. The van der Waals surface area contributed by atoms with Crippen LogP contribution in [-0.4, -0.2) is 66.7 Å². The van der Waals surface area contributed by atoms with Crippen LogP contribution in [0.2, 0.25) is 0 Å². The second kappa shape index (κ2) is 16.8. The molecule has 3 atom stereocenters. The van der Waals surface area contributed by atoms with Gasteiger partial charge in [0.05, 0.1) is 23.3 Å². The number of unbranched alkanes of at least 4 members (excludes halogenated alkanes) is 1. The lowest BCUT2D eigenvalue weighted by atomic mass is 10.0. The Kier molecular flexibility index (Phi) is 13.4. The van der Waals surface area contributed by atoms with Gasteiger partial charge in [-0.1, -0.05) is 44.5 Å². The number of rotatable bonds is 17. The van der Waals surface area contributed by atoms with Gasteiger partial charge in [0.15, 0.2) is 15.5 Å². The van der Waals surface area contributed by atoms with Crippen molar-refractivity contribution < 1.29 is 44.7 Å². The fourth-order valence-electron chi connectivity index (χ4n) is 4.74. The van der Waals surface area contributed by atoms with Gasteiger partial charge in [0, 0.05) is 25.2 Å². The molecule has 0 spiro atoms. The number of benzene rings is 2. The number of hydrogen-bond donors (Lipinski definition) is 4. The molecule has 1 heterocycles. The van der Waals surface area contributed by atoms with Crippen molar-refractivity contribution in [3.8, 4) is 0 Å².